The fourth-order valence-electron chi connectivity index (χ4n) is 2.67. The molecule has 0 radical (unpaired) electrons. The number of benzene rings is 1. The number of carbonyl (C=O) groups excluding carboxylic acids is 2. The van der Waals surface area contributed by atoms with Gasteiger partial charge in [-0.25, -0.2) is 0 Å². The van der Waals surface area contributed by atoms with Crippen molar-refractivity contribution >= 4 is 11.8 Å². The molecule has 94 valence electrons. The van der Waals surface area contributed by atoms with E-state index in [1.807, 2.05) is 31.2 Å². The molecule has 2 aliphatic rings. The van der Waals surface area contributed by atoms with Gasteiger partial charge in [0.25, 0.3) is 0 Å². The zero-order valence-electron chi connectivity index (χ0n) is 10.3. The van der Waals surface area contributed by atoms with Crippen molar-refractivity contribution in [2.45, 2.75) is 25.9 Å². The molecule has 3 rings (SSSR count). The van der Waals surface area contributed by atoms with Gasteiger partial charge in [-0.1, -0.05) is 24.3 Å². The van der Waals surface area contributed by atoms with Crippen LogP contribution in [0, 0.1) is 11.8 Å². The highest BCUT2D eigenvalue weighted by Crippen LogP contribution is 2.49. The lowest BCUT2D eigenvalue weighted by Gasteiger charge is -2.24. The number of nitrogens with two attached hydrogens (primary N) is 1. The molecule has 1 heterocycles. The molecule has 4 heteroatoms. The molecule has 0 aromatic heterocycles. The van der Waals surface area contributed by atoms with E-state index in [9.17, 15) is 9.59 Å². The third-order valence-corrected chi connectivity index (χ3v) is 3.98. The lowest BCUT2D eigenvalue weighted by atomic mass is 10.0. The van der Waals surface area contributed by atoms with Crippen LogP contribution in [0.5, 0.6) is 0 Å². The predicted octanol–water partition coefficient (Wildman–Crippen LogP) is 1.21. The van der Waals surface area contributed by atoms with Crippen molar-refractivity contribution in [2.75, 3.05) is 0 Å². The van der Waals surface area contributed by atoms with E-state index >= 15 is 0 Å². The topological polar surface area (TPSA) is 63.4 Å². The number of fused-ring (bicyclic) bond motifs is 1. The Hall–Kier alpha value is -1.68. The summed E-state index contributed by atoms with van der Waals surface area (Å²) in [6.45, 7) is 2.40. The fraction of sp³-hybridized carbons (Fsp3) is 0.429. The Morgan fingerprint density at radius 2 is 1.78 bits per heavy atom. The van der Waals surface area contributed by atoms with Crippen molar-refractivity contribution in [3.63, 3.8) is 0 Å². The number of piperidine rings is 1. The summed E-state index contributed by atoms with van der Waals surface area (Å²) in [5, 5.41) is 0. The Bertz CT molecular complexity index is 489. The van der Waals surface area contributed by atoms with Crippen molar-refractivity contribution in [2.24, 2.45) is 17.6 Å². The molecule has 3 unspecified atom stereocenters. The Kier molecular flexibility index (Phi) is 2.48. The monoisotopic (exact) mass is 244 g/mol. The molecule has 18 heavy (non-hydrogen) atoms. The van der Waals surface area contributed by atoms with E-state index in [2.05, 4.69) is 0 Å². The smallest absolute Gasteiger partial charge is 0.233 e. The zero-order chi connectivity index (χ0) is 12.9. The van der Waals surface area contributed by atoms with Gasteiger partial charge in [0, 0.05) is 6.54 Å². The number of imide groups is 1. The second-order valence-corrected chi connectivity index (χ2v) is 5.12. The highest BCUT2D eigenvalue weighted by atomic mass is 16.2. The summed E-state index contributed by atoms with van der Waals surface area (Å²) in [6.07, 6.45) is 0.757. The summed E-state index contributed by atoms with van der Waals surface area (Å²) in [4.78, 5) is 25.4. The summed E-state index contributed by atoms with van der Waals surface area (Å²) in [5.74, 6) is -0.0488. The van der Waals surface area contributed by atoms with Crippen LogP contribution in [-0.4, -0.2) is 16.7 Å². The van der Waals surface area contributed by atoms with Crippen LogP contribution in [0.1, 0.15) is 30.5 Å². The molecule has 4 nitrogen and oxygen atoms in total. The van der Waals surface area contributed by atoms with Crippen molar-refractivity contribution < 1.29 is 9.59 Å². The SMILES string of the molecule is CC(c1ccc(CN)cc1)N1C(=O)C2CC2C1=O. The van der Waals surface area contributed by atoms with Crippen molar-refractivity contribution in [3.05, 3.63) is 35.4 Å². The average molecular weight is 244 g/mol. The molecule has 1 saturated carbocycles. The van der Waals surface area contributed by atoms with E-state index in [0.29, 0.717) is 6.54 Å². The molecular formula is C14H16N2O2. The third kappa shape index (κ3) is 1.56. The predicted molar refractivity (Wildman–Crippen MR) is 66.2 cm³/mol. The van der Waals surface area contributed by atoms with Crippen LogP contribution in [-0.2, 0) is 16.1 Å². The minimum atomic E-state index is -0.176. The molecule has 1 aliphatic carbocycles. The van der Waals surface area contributed by atoms with Crippen LogP contribution in [0.2, 0.25) is 0 Å². The lowest BCUT2D eigenvalue weighted by molar-refractivity contribution is -0.143. The molecule has 3 atom stereocenters. The van der Waals surface area contributed by atoms with Gasteiger partial charge in [0.05, 0.1) is 17.9 Å². The summed E-state index contributed by atoms with van der Waals surface area (Å²) in [7, 11) is 0. The second kappa shape index (κ2) is 3.92. The first-order valence-electron chi connectivity index (χ1n) is 6.29. The van der Waals surface area contributed by atoms with Gasteiger partial charge in [-0.05, 0) is 24.5 Å². The minimum absolute atomic E-state index is 0.000372. The number of amides is 2. The van der Waals surface area contributed by atoms with E-state index in [-0.39, 0.29) is 29.7 Å². The summed E-state index contributed by atoms with van der Waals surface area (Å²) in [6, 6.07) is 7.59. The highest BCUT2D eigenvalue weighted by Gasteiger charge is 2.59. The van der Waals surface area contributed by atoms with Gasteiger partial charge in [-0.3, -0.25) is 14.5 Å². The largest absolute Gasteiger partial charge is 0.326 e. The summed E-state index contributed by atoms with van der Waals surface area (Å²) < 4.78 is 0. The normalized spacial score (nSPS) is 27.3. The Morgan fingerprint density at radius 3 is 2.28 bits per heavy atom. The van der Waals surface area contributed by atoms with Gasteiger partial charge in [-0.15, -0.1) is 0 Å². The zero-order valence-corrected chi connectivity index (χ0v) is 10.3. The van der Waals surface area contributed by atoms with Crippen LogP contribution in [0.25, 0.3) is 0 Å². The first-order chi connectivity index (χ1) is 8.63. The number of likely N-dealkylation sites (tertiary alicyclic amines) is 1. The average Bonchev–Trinajstić information content (AvgIpc) is 3.14. The molecule has 1 aromatic rings. The maximum atomic E-state index is 12.0. The van der Waals surface area contributed by atoms with E-state index in [1.54, 1.807) is 0 Å². The Labute approximate surface area is 106 Å². The van der Waals surface area contributed by atoms with Crippen LogP contribution < -0.4 is 5.73 Å². The first-order valence-corrected chi connectivity index (χ1v) is 6.29. The van der Waals surface area contributed by atoms with Gasteiger partial charge >= 0.3 is 0 Å². The minimum Gasteiger partial charge on any atom is -0.326 e. The molecule has 1 aliphatic heterocycles. The highest BCUT2D eigenvalue weighted by molar-refractivity contribution is 6.09. The van der Waals surface area contributed by atoms with Crippen molar-refractivity contribution in [1.82, 2.24) is 4.90 Å². The molecule has 1 aromatic carbocycles. The van der Waals surface area contributed by atoms with Crippen LogP contribution in [0.4, 0.5) is 0 Å². The van der Waals surface area contributed by atoms with Crippen LogP contribution in [0.3, 0.4) is 0 Å². The van der Waals surface area contributed by atoms with Gasteiger partial charge in [0.1, 0.15) is 0 Å². The summed E-state index contributed by atoms with van der Waals surface area (Å²) in [5.41, 5.74) is 7.58. The molecule has 2 fully saturated rings. The fourth-order valence-corrected chi connectivity index (χ4v) is 2.67. The number of hydrogen-bond donors (Lipinski definition) is 1. The Balaban J connectivity index is 1.83. The number of carbonyl (C=O) groups is 2. The summed E-state index contributed by atoms with van der Waals surface area (Å²) >= 11 is 0. The van der Waals surface area contributed by atoms with E-state index < -0.39 is 0 Å². The van der Waals surface area contributed by atoms with E-state index in [4.69, 9.17) is 5.73 Å². The third-order valence-electron chi connectivity index (χ3n) is 3.98. The van der Waals surface area contributed by atoms with Crippen LogP contribution in [0.15, 0.2) is 24.3 Å². The molecule has 2 N–H and O–H groups in total. The first kappa shape index (κ1) is 11.4. The molecule has 1 saturated heterocycles. The van der Waals surface area contributed by atoms with Gasteiger partial charge in [0.2, 0.25) is 11.8 Å². The maximum absolute atomic E-state index is 12.0. The van der Waals surface area contributed by atoms with Crippen molar-refractivity contribution in [1.29, 1.82) is 0 Å². The van der Waals surface area contributed by atoms with E-state index in [0.717, 1.165) is 17.5 Å². The second-order valence-electron chi connectivity index (χ2n) is 5.12. The molecule has 2 amide bonds. The lowest BCUT2D eigenvalue weighted by Crippen LogP contribution is -2.35. The van der Waals surface area contributed by atoms with E-state index in [1.165, 1.54) is 4.90 Å². The van der Waals surface area contributed by atoms with Gasteiger partial charge in [0.15, 0.2) is 0 Å². The number of hydrogen-bond acceptors (Lipinski definition) is 3. The number of rotatable bonds is 3. The maximum Gasteiger partial charge on any atom is 0.233 e. The molecule has 0 spiro atoms. The number of nitrogens with zero attached hydrogens (tertiary/aromatic N) is 1. The standard InChI is InChI=1S/C14H16N2O2/c1-8(10-4-2-9(7-15)3-5-10)16-13(17)11-6-12(11)14(16)18/h2-5,8,11-12H,6-7,15H2,1H3. The van der Waals surface area contributed by atoms with Gasteiger partial charge in [-0.2, -0.15) is 0 Å². The van der Waals surface area contributed by atoms with Crippen LogP contribution >= 0.6 is 0 Å². The quantitative estimate of drug-likeness (QED) is 0.813. The molecule has 0 bridgehead atoms. The Morgan fingerprint density at radius 1 is 1.22 bits per heavy atom. The molecular weight excluding hydrogens is 228 g/mol. The van der Waals surface area contributed by atoms with Crippen molar-refractivity contribution in [3.8, 4) is 0 Å². The van der Waals surface area contributed by atoms with Gasteiger partial charge < -0.3 is 5.73 Å².